The SMILES string of the molecule is C1CCOC1.C1CCOC1.C[Si](C)(C)[N-][Si](C)(C)C[B-](c1ccccc1)(c1ccccc1)c1ccccc1.[Yb+2]. The van der Waals surface area contributed by atoms with Crippen molar-refractivity contribution in [3.05, 3.63) is 95.6 Å². The maximum atomic E-state index is 5.50. The average Bonchev–Trinajstić information content (AvgIpc) is 3.67. The van der Waals surface area contributed by atoms with E-state index in [-0.39, 0.29) is 46.9 Å². The minimum Gasteiger partial charge on any atom is -0.669 e. The number of hydrogen-bond donors (Lipinski definition) is 0. The number of nitrogens with zero attached hydrogens (tertiary/aromatic N) is 1. The Morgan fingerprint density at radius 2 is 0.872 bits per heavy atom. The molecule has 7 heteroatoms. The van der Waals surface area contributed by atoms with Gasteiger partial charge in [0.1, 0.15) is 0 Å². The molecule has 2 aliphatic rings. The summed E-state index contributed by atoms with van der Waals surface area (Å²) in [6.45, 7) is 16.0. The molecule has 0 saturated carbocycles. The van der Waals surface area contributed by atoms with E-state index in [1.54, 1.807) is 0 Å². The van der Waals surface area contributed by atoms with Gasteiger partial charge in [-0.15, -0.1) is 8.24 Å². The fraction of sp³-hybridized carbons (Fsp3) is 0.438. The van der Waals surface area contributed by atoms with Crippen molar-refractivity contribution in [1.29, 1.82) is 0 Å². The Morgan fingerprint density at radius 3 is 1.10 bits per heavy atom. The third-order valence-corrected chi connectivity index (χ3v) is 13.9. The van der Waals surface area contributed by atoms with Gasteiger partial charge in [0, 0.05) is 26.4 Å². The summed E-state index contributed by atoms with van der Waals surface area (Å²) in [5, 5.41) is 0. The number of hydrogen-bond acceptors (Lipinski definition) is 2. The monoisotopic (exact) mass is 719 g/mol. The molecule has 2 fully saturated rings. The van der Waals surface area contributed by atoms with E-state index < -0.39 is 22.6 Å². The molecule has 2 heterocycles. The molecule has 3 aromatic rings. The van der Waals surface area contributed by atoms with Crippen molar-refractivity contribution in [2.24, 2.45) is 0 Å². The van der Waals surface area contributed by atoms with Crippen LogP contribution in [0.15, 0.2) is 91.0 Å². The van der Waals surface area contributed by atoms with Gasteiger partial charge in [0.25, 0.3) is 0 Å². The summed E-state index contributed by atoms with van der Waals surface area (Å²) < 4.78 is 15.4. The van der Waals surface area contributed by atoms with E-state index in [9.17, 15) is 0 Å². The first-order valence-corrected chi connectivity index (χ1v) is 21.1. The molecule has 2 aliphatic heterocycles. The first kappa shape index (κ1) is 34.8. The summed E-state index contributed by atoms with van der Waals surface area (Å²) in [7, 11) is -3.31. The third kappa shape index (κ3) is 11.8. The molecule has 0 spiro atoms. The van der Waals surface area contributed by atoms with Crippen molar-refractivity contribution in [3.63, 3.8) is 0 Å². The normalized spacial score (nSPS) is 15.3. The molecule has 0 amide bonds. The minimum atomic E-state index is -1.81. The summed E-state index contributed by atoms with van der Waals surface area (Å²) in [5.41, 5.74) is 4.27. The van der Waals surface area contributed by atoms with Crippen LogP contribution in [0.25, 0.3) is 4.65 Å². The maximum absolute atomic E-state index is 5.50. The van der Waals surface area contributed by atoms with Crippen LogP contribution in [-0.2, 0) is 9.47 Å². The van der Waals surface area contributed by atoms with E-state index in [0.29, 0.717) is 0 Å². The molecule has 3 nitrogen and oxygen atoms in total. The minimum absolute atomic E-state index is 0. The molecule has 0 radical (unpaired) electrons. The maximum Gasteiger partial charge on any atom is 2.00 e. The summed E-state index contributed by atoms with van der Waals surface area (Å²) >= 11 is 0. The Morgan fingerprint density at radius 1 is 0.564 bits per heavy atom. The van der Waals surface area contributed by atoms with Crippen LogP contribution in [0.1, 0.15) is 25.7 Å². The molecule has 39 heavy (non-hydrogen) atoms. The van der Waals surface area contributed by atoms with Gasteiger partial charge in [-0.25, -0.2) is 16.4 Å². The van der Waals surface area contributed by atoms with Crippen LogP contribution in [0.5, 0.6) is 0 Å². The van der Waals surface area contributed by atoms with Crippen LogP contribution in [0.3, 0.4) is 0 Å². The fourth-order valence-electron chi connectivity index (χ4n) is 6.00. The molecular formula is C32H48BNO2Si2Yb. The summed E-state index contributed by atoms with van der Waals surface area (Å²) in [6, 6.07) is 33.4. The van der Waals surface area contributed by atoms with Gasteiger partial charge in [-0.2, -0.15) is 5.94 Å². The fourth-order valence-corrected chi connectivity index (χ4v) is 15.8. The van der Waals surface area contributed by atoms with Gasteiger partial charge in [0.05, 0.1) is 6.15 Å². The second-order valence-corrected chi connectivity index (χ2v) is 21.5. The van der Waals surface area contributed by atoms with Crippen molar-refractivity contribution in [1.82, 2.24) is 0 Å². The van der Waals surface area contributed by atoms with Gasteiger partial charge in [-0.3, -0.25) is 0 Å². The third-order valence-electron chi connectivity index (χ3n) is 7.20. The van der Waals surface area contributed by atoms with Crippen LogP contribution in [0, 0.1) is 46.9 Å². The standard InChI is InChI=1S/C24H32BNSi2.2C4H8O.Yb/c1-27(2,3)26-28(4,5)21-25(22-15-9-6-10-16-22,23-17-11-7-12-18-23)24-19-13-8-14-20-24;2*1-2-4-5-3-1;/h6-20H,21H2,1-5H3;2*1-4H2;/q-2;;;+2. The van der Waals surface area contributed by atoms with Crippen LogP contribution >= 0.6 is 0 Å². The van der Waals surface area contributed by atoms with Gasteiger partial charge < -0.3 is 14.1 Å². The van der Waals surface area contributed by atoms with Crippen molar-refractivity contribution in [3.8, 4) is 0 Å². The van der Waals surface area contributed by atoms with Crippen molar-refractivity contribution in [2.45, 2.75) is 64.4 Å². The zero-order valence-electron chi connectivity index (χ0n) is 24.6. The Bertz CT molecular complexity index is 920. The molecule has 5 rings (SSSR count). The van der Waals surface area contributed by atoms with Crippen LogP contribution < -0.4 is 16.4 Å². The zero-order valence-corrected chi connectivity index (χ0v) is 28.3. The Hall–Kier alpha value is -0.442. The summed E-state index contributed by atoms with van der Waals surface area (Å²) in [6.07, 6.45) is 4.04. The molecule has 0 aliphatic carbocycles. The Labute approximate surface area is 279 Å². The van der Waals surface area contributed by atoms with Crippen molar-refractivity contribution in [2.75, 3.05) is 26.4 Å². The van der Waals surface area contributed by atoms with E-state index in [1.807, 2.05) is 0 Å². The van der Waals surface area contributed by atoms with Crippen molar-refractivity contribution >= 4 is 39.0 Å². The molecule has 0 bridgehead atoms. The van der Waals surface area contributed by atoms with Crippen LogP contribution in [0.4, 0.5) is 0 Å². The smallest absolute Gasteiger partial charge is 0.669 e. The number of ether oxygens (including phenoxy) is 2. The molecule has 0 aromatic heterocycles. The van der Waals surface area contributed by atoms with Gasteiger partial charge in [-0.1, -0.05) is 132 Å². The Balaban J connectivity index is 0.000000403. The van der Waals surface area contributed by atoms with Crippen LogP contribution in [0.2, 0.25) is 38.7 Å². The topological polar surface area (TPSA) is 32.6 Å². The first-order chi connectivity index (χ1) is 18.2. The second-order valence-electron chi connectivity index (χ2n) is 12.2. The zero-order chi connectivity index (χ0) is 27.3. The van der Waals surface area contributed by atoms with E-state index in [1.165, 1.54) is 42.1 Å². The molecule has 0 unspecified atom stereocenters. The molecule has 0 N–H and O–H groups in total. The quantitative estimate of drug-likeness (QED) is 0.255. The van der Waals surface area contributed by atoms with Crippen LogP contribution in [-0.4, -0.2) is 49.0 Å². The Kier molecular flexibility index (Phi) is 15.6. The van der Waals surface area contributed by atoms with Crippen molar-refractivity contribution < 1.29 is 56.4 Å². The summed E-state index contributed by atoms with van der Waals surface area (Å²) in [4.78, 5) is 0. The molecule has 218 valence electrons. The largest absolute Gasteiger partial charge is 2.00 e. The van der Waals surface area contributed by atoms with Gasteiger partial charge in [0.2, 0.25) is 0 Å². The van der Waals surface area contributed by atoms with E-state index in [2.05, 4.69) is 124 Å². The van der Waals surface area contributed by atoms with Gasteiger partial charge in [-0.05, 0) is 25.7 Å². The van der Waals surface area contributed by atoms with Gasteiger partial charge >= 0.3 is 46.9 Å². The number of rotatable bonds is 7. The molecule has 3 aromatic carbocycles. The van der Waals surface area contributed by atoms with Gasteiger partial charge in [0.15, 0.2) is 0 Å². The molecule has 0 atom stereocenters. The van der Waals surface area contributed by atoms with E-state index in [0.717, 1.165) is 32.4 Å². The molecule has 2 saturated heterocycles. The predicted molar refractivity (Wildman–Crippen MR) is 173 cm³/mol. The first-order valence-electron chi connectivity index (χ1n) is 14.5. The number of benzene rings is 3. The molecular weight excluding hydrogens is 670 g/mol. The predicted octanol–water partition coefficient (Wildman–Crippen LogP) is 6.70. The summed E-state index contributed by atoms with van der Waals surface area (Å²) in [5.74, 6) is 1.13. The van der Waals surface area contributed by atoms with E-state index >= 15 is 0 Å². The van der Waals surface area contributed by atoms with E-state index in [4.69, 9.17) is 14.1 Å². The average molecular weight is 719 g/mol. The second kappa shape index (κ2) is 17.5.